The van der Waals surface area contributed by atoms with Crippen LogP contribution in [-0.4, -0.2) is 45.5 Å². The van der Waals surface area contributed by atoms with E-state index >= 15 is 0 Å². The van der Waals surface area contributed by atoms with E-state index in [-0.39, 0.29) is 5.69 Å². The van der Waals surface area contributed by atoms with Crippen molar-refractivity contribution >= 4 is 29.3 Å². The molecular weight excluding hydrogens is 386 g/mol. The molecule has 0 radical (unpaired) electrons. The van der Waals surface area contributed by atoms with Crippen LogP contribution in [0.1, 0.15) is 10.5 Å². The number of nitrogens with two attached hydrogens (primary N) is 2. The number of furan rings is 1. The van der Waals surface area contributed by atoms with Crippen LogP contribution in [-0.2, 0) is 9.59 Å². The number of rotatable bonds is 7. The Balaban J connectivity index is 2.06. The zero-order chi connectivity index (χ0) is 20.3. The molecule has 28 heavy (non-hydrogen) atoms. The highest BCUT2D eigenvalue weighted by molar-refractivity contribution is 6.30. The van der Waals surface area contributed by atoms with Crippen LogP contribution in [0.3, 0.4) is 0 Å². The molecule has 0 aliphatic carbocycles. The first-order chi connectivity index (χ1) is 13.3. The molecule has 0 saturated carbocycles. The van der Waals surface area contributed by atoms with Crippen LogP contribution >= 0.6 is 11.6 Å². The standard InChI is InChI=1S/C18H16ClN5O4/c19-11-3-1-4-12(7-11)24-14(15-5-2-6-28-15)8-13(22-24)18(27)23(9-16(20)25)10-17(21)26/h1-8H,9-10H2,(H2,20,25)(H2,21,26). The zero-order valence-electron chi connectivity index (χ0n) is 14.5. The summed E-state index contributed by atoms with van der Waals surface area (Å²) in [6, 6.07) is 11.7. The first-order valence-electron chi connectivity index (χ1n) is 8.11. The largest absolute Gasteiger partial charge is 0.463 e. The summed E-state index contributed by atoms with van der Waals surface area (Å²) in [5, 5.41) is 4.80. The number of hydrogen-bond donors (Lipinski definition) is 2. The minimum atomic E-state index is -0.782. The first-order valence-corrected chi connectivity index (χ1v) is 8.48. The lowest BCUT2D eigenvalue weighted by Gasteiger charge is -2.17. The minimum Gasteiger partial charge on any atom is -0.463 e. The molecule has 0 spiro atoms. The molecule has 2 heterocycles. The SMILES string of the molecule is NC(=O)CN(CC(N)=O)C(=O)c1cc(-c2ccco2)n(-c2cccc(Cl)c2)n1. The fourth-order valence-electron chi connectivity index (χ4n) is 2.63. The van der Waals surface area contributed by atoms with Gasteiger partial charge in [-0.1, -0.05) is 17.7 Å². The van der Waals surface area contributed by atoms with E-state index in [1.54, 1.807) is 36.4 Å². The summed E-state index contributed by atoms with van der Waals surface area (Å²) in [6.45, 7) is -0.941. The van der Waals surface area contributed by atoms with Gasteiger partial charge in [-0.25, -0.2) is 4.68 Å². The van der Waals surface area contributed by atoms with E-state index < -0.39 is 30.8 Å². The molecule has 0 saturated heterocycles. The molecule has 9 nitrogen and oxygen atoms in total. The molecule has 0 unspecified atom stereocenters. The van der Waals surface area contributed by atoms with E-state index in [1.807, 2.05) is 0 Å². The second kappa shape index (κ2) is 7.97. The van der Waals surface area contributed by atoms with Crippen molar-refractivity contribution in [1.29, 1.82) is 0 Å². The van der Waals surface area contributed by atoms with Gasteiger partial charge in [-0.2, -0.15) is 5.10 Å². The van der Waals surface area contributed by atoms with Crippen LogP contribution in [0.5, 0.6) is 0 Å². The summed E-state index contributed by atoms with van der Waals surface area (Å²) in [7, 11) is 0. The lowest BCUT2D eigenvalue weighted by molar-refractivity contribution is -0.121. The normalized spacial score (nSPS) is 10.6. The Morgan fingerprint density at radius 1 is 1.07 bits per heavy atom. The summed E-state index contributed by atoms with van der Waals surface area (Å²) in [5.74, 6) is -1.78. The second-order valence-corrected chi connectivity index (χ2v) is 6.31. The maximum absolute atomic E-state index is 12.8. The summed E-state index contributed by atoms with van der Waals surface area (Å²) >= 11 is 6.06. The van der Waals surface area contributed by atoms with Gasteiger partial charge < -0.3 is 20.8 Å². The van der Waals surface area contributed by atoms with Crippen LogP contribution in [0.25, 0.3) is 17.1 Å². The predicted octanol–water partition coefficient (Wildman–Crippen LogP) is 1.20. The van der Waals surface area contributed by atoms with E-state index in [1.165, 1.54) is 17.0 Å². The average Bonchev–Trinajstić information content (AvgIpc) is 3.29. The lowest BCUT2D eigenvalue weighted by atomic mass is 10.2. The second-order valence-electron chi connectivity index (χ2n) is 5.88. The van der Waals surface area contributed by atoms with Gasteiger partial charge in [-0.05, 0) is 30.3 Å². The van der Waals surface area contributed by atoms with Gasteiger partial charge in [0.15, 0.2) is 11.5 Å². The number of nitrogens with zero attached hydrogens (tertiary/aromatic N) is 3. The van der Waals surface area contributed by atoms with E-state index in [0.29, 0.717) is 22.2 Å². The van der Waals surface area contributed by atoms with Gasteiger partial charge in [0, 0.05) is 11.1 Å². The van der Waals surface area contributed by atoms with Crippen molar-refractivity contribution in [2.24, 2.45) is 11.5 Å². The average molecular weight is 402 g/mol. The quantitative estimate of drug-likeness (QED) is 0.612. The zero-order valence-corrected chi connectivity index (χ0v) is 15.3. The van der Waals surface area contributed by atoms with Crippen molar-refractivity contribution in [3.05, 3.63) is 59.4 Å². The molecule has 4 N–H and O–H groups in total. The van der Waals surface area contributed by atoms with Gasteiger partial charge in [-0.3, -0.25) is 14.4 Å². The van der Waals surface area contributed by atoms with Crippen molar-refractivity contribution in [2.75, 3.05) is 13.1 Å². The number of benzene rings is 1. The third-order valence-electron chi connectivity index (χ3n) is 3.74. The van der Waals surface area contributed by atoms with E-state index in [4.69, 9.17) is 27.5 Å². The topological polar surface area (TPSA) is 137 Å². The van der Waals surface area contributed by atoms with Crippen LogP contribution in [0.4, 0.5) is 0 Å². The molecule has 10 heteroatoms. The molecule has 3 amide bonds. The van der Waals surface area contributed by atoms with Crippen molar-refractivity contribution in [2.45, 2.75) is 0 Å². The van der Waals surface area contributed by atoms with Gasteiger partial charge in [0.1, 0.15) is 18.8 Å². The number of halogens is 1. The number of amides is 3. The Labute approximate surface area is 164 Å². The first kappa shape index (κ1) is 19.2. The van der Waals surface area contributed by atoms with Gasteiger partial charge in [0.05, 0.1) is 12.0 Å². The summed E-state index contributed by atoms with van der Waals surface area (Å²) < 4.78 is 6.90. The fraction of sp³-hybridized carbons (Fsp3) is 0.111. The van der Waals surface area contributed by atoms with Gasteiger partial charge in [-0.15, -0.1) is 0 Å². The number of carbonyl (C=O) groups is 3. The monoisotopic (exact) mass is 401 g/mol. The third kappa shape index (κ3) is 4.21. The molecule has 1 aromatic carbocycles. The Kier molecular flexibility index (Phi) is 5.46. The number of aromatic nitrogens is 2. The third-order valence-corrected chi connectivity index (χ3v) is 3.97. The Hall–Kier alpha value is -3.59. The molecule has 2 aromatic heterocycles. The van der Waals surface area contributed by atoms with Gasteiger partial charge in [0.25, 0.3) is 5.91 Å². The number of primary amides is 2. The maximum Gasteiger partial charge on any atom is 0.275 e. The number of hydrogen-bond acceptors (Lipinski definition) is 5. The molecular formula is C18H16ClN5O4. The van der Waals surface area contributed by atoms with Gasteiger partial charge in [0.2, 0.25) is 11.8 Å². The Morgan fingerprint density at radius 2 is 1.79 bits per heavy atom. The van der Waals surface area contributed by atoms with Gasteiger partial charge >= 0.3 is 0 Å². The molecule has 3 aromatic rings. The highest BCUT2D eigenvalue weighted by Crippen LogP contribution is 2.26. The maximum atomic E-state index is 12.8. The van der Waals surface area contributed by atoms with E-state index in [2.05, 4.69) is 5.10 Å². The molecule has 0 fully saturated rings. The van der Waals surface area contributed by atoms with Crippen molar-refractivity contribution in [3.8, 4) is 17.1 Å². The molecule has 0 atom stereocenters. The van der Waals surface area contributed by atoms with E-state index in [9.17, 15) is 14.4 Å². The number of carbonyl (C=O) groups excluding carboxylic acids is 3. The molecule has 0 aliphatic rings. The Morgan fingerprint density at radius 3 is 2.36 bits per heavy atom. The smallest absolute Gasteiger partial charge is 0.275 e. The highest BCUT2D eigenvalue weighted by atomic mass is 35.5. The molecule has 0 bridgehead atoms. The predicted molar refractivity (Wildman–Crippen MR) is 101 cm³/mol. The van der Waals surface area contributed by atoms with E-state index in [0.717, 1.165) is 4.90 Å². The molecule has 3 rings (SSSR count). The van der Waals surface area contributed by atoms with Crippen LogP contribution in [0.2, 0.25) is 5.02 Å². The molecule has 144 valence electrons. The summed E-state index contributed by atoms with van der Waals surface area (Å²) in [6.07, 6.45) is 1.48. The van der Waals surface area contributed by atoms with Crippen molar-refractivity contribution in [3.63, 3.8) is 0 Å². The molecule has 0 aliphatic heterocycles. The van der Waals surface area contributed by atoms with Crippen molar-refractivity contribution < 1.29 is 18.8 Å². The van der Waals surface area contributed by atoms with Crippen LogP contribution in [0.15, 0.2) is 53.1 Å². The van der Waals surface area contributed by atoms with Crippen LogP contribution < -0.4 is 11.5 Å². The minimum absolute atomic E-state index is 0.0196. The summed E-state index contributed by atoms with van der Waals surface area (Å²) in [4.78, 5) is 36.3. The summed E-state index contributed by atoms with van der Waals surface area (Å²) in [5.41, 5.74) is 11.4. The lowest BCUT2D eigenvalue weighted by Crippen LogP contribution is -2.43. The van der Waals surface area contributed by atoms with Crippen molar-refractivity contribution in [1.82, 2.24) is 14.7 Å². The fourth-order valence-corrected chi connectivity index (χ4v) is 2.81. The highest BCUT2D eigenvalue weighted by Gasteiger charge is 2.25. The van der Waals surface area contributed by atoms with Crippen LogP contribution in [0, 0.1) is 0 Å². The Bertz CT molecular complexity index is 1010.